The number of unbranched alkanes of at least 4 members (excludes halogenated alkanes) is 2. The summed E-state index contributed by atoms with van der Waals surface area (Å²) in [6, 6.07) is 19.4. The van der Waals surface area contributed by atoms with Gasteiger partial charge in [0.2, 0.25) is 0 Å². The van der Waals surface area contributed by atoms with Crippen molar-refractivity contribution in [3.05, 3.63) is 86.6 Å². The van der Waals surface area contributed by atoms with Crippen molar-refractivity contribution in [1.29, 1.82) is 0 Å². The van der Waals surface area contributed by atoms with Crippen molar-refractivity contribution in [2.75, 3.05) is 13.7 Å². The zero-order valence-electron chi connectivity index (χ0n) is 19.8. The van der Waals surface area contributed by atoms with E-state index in [1.165, 1.54) is 5.56 Å². The standard InChI is InChI=1S/C28H29BrN2O3/c1-19-17-20(2)26(24(29)18-19)34-16-8-4-7-15-31-27(21-11-13-22(33-3)14-12-21)30-25-10-6-5-9-23(25)28(31)32/h5-6,9-14,17-18H,4,7-8,15-16H2,1-3H3. The van der Waals surface area contributed by atoms with Gasteiger partial charge in [-0.3, -0.25) is 9.36 Å². The van der Waals surface area contributed by atoms with Crippen LogP contribution in [0.1, 0.15) is 30.4 Å². The molecule has 0 saturated heterocycles. The van der Waals surface area contributed by atoms with Gasteiger partial charge in [0.15, 0.2) is 0 Å². The minimum atomic E-state index is -0.00752. The SMILES string of the molecule is COc1ccc(-c2nc3ccccc3c(=O)n2CCCCCOc2c(C)cc(C)cc2Br)cc1. The van der Waals surface area contributed by atoms with Crippen molar-refractivity contribution in [3.8, 4) is 22.9 Å². The highest BCUT2D eigenvalue weighted by Gasteiger charge is 2.13. The van der Waals surface area contributed by atoms with Crippen molar-refractivity contribution >= 4 is 26.8 Å². The van der Waals surface area contributed by atoms with E-state index in [1.54, 1.807) is 11.7 Å². The molecule has 4 rings (SSSR count). The molecule has 0 spiro atoms. The number of nitrogens with zero attached hydrogens (tertiary/aromatic N) is 2. The molecule has 0 unspecified atom stereocenters. The summed E-state index contributed by atoms with van der Waals surface area (Å²) in [5.41, 5.74) is 3.93. The van der Waals surface area contributed by atoms with Crippen LogP contribution < -0.4 is 15.0 Å². The lowest BCUT2D eigenvalue weighted by molar-refractivity contribution is 0.300. The van der Waals surface area contributed by atoms with Gasteiger partial charge in [-0.1, -0.05) is 18.2 Å². The summed E-state index contributed by atoms with van der Waals surface area (Å²) in [4.78, 5) is 18.2. The Balaban J connectivity index is 1.47. The molecule has 0 aliphatic heterocycles. The van der Waals surface area contributed by atoms with Gasteiger partial charge in [-0.05, 0) is 103 Å². The first-order valence-electron chi connectivity index (χ1n) is 11.5. The zero-order chi connectivity index (χ0) is 24.1. The molecule has 0 radical (unpaired) electrons. The second-order valence-corrected chi connectivity index (χ2v) is 9.29. The highest BCUT2D eigenvalue weighted by Crippen LogP contribution is 2.30. The Bertz CT molecular complexity index is 1320. The molecule has 3 aromatic carbocycles. The van der Waals surface area contributed by atoms with Crippen molar-refractivity contribution in [1.82, 2.24) is 9.55 Å². The van der Waals surface area contributed by atoms with E-state index >= 15 is 0 Å². The topological polar surface area (TPSA) is 53.3 Å². The fourth-order valence-electron chi connectivity index (χ4n) is 4.14. The zero-order valence-corrected chi connectivity index (χ0v) is 21.4. The Labute approximate surface area is 208 Å². The summed E-state index contributed by atoms with van der Waals surface area (Å²) >= 11 is 3.60. The summed E-state index contributed by atoms with van der Waals surface area (Å²) in [5, 5.41) is 0.641. The minimum absolute atomic E-state index is 0.00752. The number of aryl methyl sites for hydroxylation is 2. The number of benzene rings is 3. The number of fused-ring (bicyclic) bond motifs is 1. The Morgan fingerprint density at radius 1 is 0.971 bits per heavy atom. The molecule has 5 nitrogen and oxygen atoms in total. The van der Waals surface area contributed by atoms with Crippen LogP contribution in [0.15, 0.2) is 69.9 Å². The highest BCUT2D eigenvalue weighted by atomic mass is 79.9. The van der Waals surface area contributed by atoms with Crippen LogP contribution in [0.5, 0.6) is 11.5 Å². The van der Waals surface area contributed by atoms with Crippen LogP contribution in [-0.4, -0.2) is 23.3 Å². The molecule has 0 saturated carbocycles. The molecule has 0 fully saturated rings. The van der Waals surface area contributed by atoms with E-state index in [0.29, 0.717) is 29.9 Å². The normalized spacial score (nSPS) is 11.1. The number of hydrogen-bond donors (Lipinski definition) is 0. The lowest BCUT2D eigenvalue weighted by Gasteiger charge is -2.15. The minimum Gasteiger partial charge on any atom is -0.497 e. The van der Waals surface area contributed by atoms with Gasteiger partial charge in [-0.2, -0.15) is 0 Å². The number of aromatic nitrogens is 2. The predicted octanol–water partition coefficient (Wildman–Crippen LogP) is 6.70. The van der Waals surface area contributed by atoms with Gasteiger partial charge < -0.3 is 9.47 Å². The maximum absolute atomic E-state index is 13.3. The number of hydrogen-bond acceptors (Lipinski definition) is 4. The van der Waals surface area contributed by atoms with Crippen LogP contribution in [0.2, 0.25) is 0 Å². The Kier molecular flexibility index (Phi) is 7.68. The summed E-state index contributed by atoms with van der Waals surface area (Å²) in [6.45, 7) is 5.38. The molecule has 176 valence electrons. The molecule has 34 heavy (non-hydrogen) atoms. The molecule has 1 heterocycles. The van der Waals surface area contributed by atoms with Gasteiger partial charge in [-0.25, -0.2) is 4.98 Å². The molecular weight excluding hydrogens is 492 g/mol. The van der Waals surface area contributed by atoms with E-state index in [0.717, 1.165) is 46.4 Å². The molecule has 0 atom stereocenters. The van der Waals surface area contributed by atoms with Crippen molar-refractivity contribution in [3.63, 3.8) is 0 Å². The van der Waals surface area contributed by atoms with E-state index in [2.05, 4.69) is 41.9 Å². The summed E-state index contributed by atoms with van der Waals surface area (Å²) in [7, 11) is 1.64. The Morgan fingerprint density at radius 2 is 1.74 bits per heavy atom. The van der Waals surface area contributed by atoms with Gasteiger partial charge in [0.25, 0.3) is 5.56 Å². The predicted molar refractivity (Wildman–Crippen MR) is 141 cm³/mol. The fraction of sp³-hybridized carbons (Fsp3) is 0.286. The smallest absolute Gasteiger partial charge is 0.261 e. The highest BCUT2D eigenvalue weighted by molar-refractivity contribution is 9.10. The number of rotatable bonds is 9. The monoisotopic (exact) mass is 520 g/mol. The largest absolute Gasteiger partial charge is 0.497 e. The molecule has 0 bridgehead atoms. The van der Waals surface area contributed by atoms with Crippen LogP contribution in [0.3, 0.4) is 0 Å². The summed E-state index contributed by atoms with van der Waals surface area (Å²) < 4.78 is 14.1. The Morgan fingerprint density at radius 3 is 2.47 bits per heavy atom. The lowest BCUT2D eigenvalue weighted by atomic mass is 10.1. The molecule has 0 N–H and O–H groups in total. The van der Waals surface area contributed by atoms with Crippen LogP contribution in [0, 0.1) is 13.8 Å². The number of methoxy groups -OCH3 is 1. The number of para-hydroxylation sites is 1. The molecule has 0 aliphatic rings. The van der Waals surface area contributed by atoms with Crippen molar-refractivity contribution in [2.24, 2.45) is 0 Å². The summed E-state index contributed by atoms with van der Waals surface area (Å²) in [6.07, 6.45) is 2.72. The third-order valence-corrected chi connectivity index (χ3v) is 6.44. The maximum Gasteiger partial charge on any atom is 0.261 e. The first-order valence-corrected chi connectivity index (χ1v) is 12.3. The van der Waals surface area contributed by atoms with Crippen molar-refractivity contribution < 1.29 is 9.47 Å². The average Bonchev–Trinajstić information content (AvgIpc) is 2.83. The van der Waals surface area contributed by atoms with E-state index in [-0.39, 0.29) is 5.56 Å². The molecule has 0 aliphatic carbocycles. The van der Waals surface area contributed by atoms with E-state index in [4.69, 9.17) is 14.5 Å². The van der Waals surface area contributed by atoms with Gasteiger partial charge in [0.05, 0.1) is 29.1 Å². The van der Waals surface area contributed by atoms with Gasteiger partial charge >= 0.3 is 0 Å². The second-order valence-electron chi connectivity index (χ2n) is 8.44. The van der Waals surface area contributed by atoms with Gasteiger partial charge in [-0.15, -0.1) is 0 Å². The molecule has 0 amide bonds. The van der Waals surface area contributed by atoms with Crippen LogP contribution in [0.25, 0.3) is 22.3 Å². The fourth-order valence-corrected chi connectivity index (χ4v) is 4.93. The van der Waals surface area contributed by atoms with Gasteiger partial charge in [0.1, 0.15) is 17.3 Å². The lowest BCUT2D eigenvalue weighted by Crippen LogP contribution is -2.23. The number of halogens is 1. The summed E-state index contributed by atoms with van der Waals surface area (Å²) in [5.74, 6) is 2.36. The van der Waals surface area contributed by atoms with Crippen LogP contribution >= 0.6 is 15.9 Å². The first-order chi connectivity index (χ1) is 16.5. The van der Waals surface area contributed by atoms with Crippen LogP contribution in [0.4, 0.5) is 0 Å². The van der Waals surface area contributed by atoms with Gasteiger partial charge in [0, 0.05) is 12.1 Å². The van der Waals surface area contributed by atoms with Crippen LogP contribution in [-0.2, 0) is 6.54 Å². The maximum atomic E-state index is 13.3. The molecule has 4 aromatic rings. The number of ether oxygens (including phenoxy) is 2. The molecular formula is C28H29BrN2O3. The van der Waals surface area contributed by atoms with E-state index < -0.39 is 0 Å². The first kappa shape index (κ1) is 24.0. The third kappa shape index (κ3) is 5.33. The second kappa shape index (κ2) is 10.9. The average molecular weight is 521 g/mol. The quantitative estimate of drug-likeness (QED) is 0.230. The van der Waals surface area contributed by atoms with Crippen molar-refractivity contribution in [2.45, 2.75) is 39.7 Å². The molecule has 6 heteroatoms. The van der Waals surface area contributed by atoms with E-state index in [9.17, 15) is 4.79 Å². The molecule has 1 aromatic heterocycles. The third-order valence-electron chi connectivity index (χ3n) is 5.86. The van der Waals surface area contributed by atoms with E-state index in [1.807, 2.05) is 48.5 Å². The Hall–Kier alpha value is -3.12.